The number of esters is 1. The summed E-state index contributed by atoms with van der Waals surface area (Å²) in [5.41, 5.74) is -1.15. The van der Waals surface area contributed by atoms with Crippen LogP contribution in [0.4, 0.5) is 5.69 Å². The smallest absolute Gasteiger partial charge is 0.312 e. The van der Waals surface area contributed by atoms with Gasteiger partial charge in [0.1, 0.15) is 40.0 Å². The second kappa shape index (κ2) is 15.2. The van der Waals surface area contributed by atoms with E-state index in [1.54, 1.807) is 33.8 Å². The molecule has 0 aliphatic carbocycles. The van der Waals surface area contributed by atoms with Gasteiger partial charge in [0.25, 0.3) is 11.7 Å². The van der Waals surface area contributed by atoms with E-state index < -0.39 is 107 Å². The number of phenolic OH excluding ortho intramolecular Hbond substituents is 2. The number of aliphatic hydroxyl groups excluding tert-OH is 2. The van der Waals surface area contributed by atoms with Gasteiger partial charge in [0.15, 0.2) is 5.75 Å². The van der Waals surface area contributed by atoms with Gasteiger partial charge < -0.3 is 44.7 Å². The summed E-state index contributed by atoms with van der Waals surface area (Å²) in [4.78, 5) is 45.4. The van der Waals surface area contributed by atoms with E-state index in [2.05, 4.69) is 10.3 Å². The number of methoxy groups -OCH3 is 1. The molecule has 5 heterocycles. The van der Waals surface area contributed by atoms with Gasteiger partial charge in [0, 0.05) is 67.3 Å². The molecule has 0 fully saturated rings. The number of fused-ring (bicyclic) bond motifs is 14. The number of pyridine rings is 1. The Hall–Kier alpha value is -5.44. The Morgan fingerprint density at radius 1 is 1.02 bits per heavy atom. The van der Waals surface area contributed by atoms with Crippen LogP contribution in [0.3, 0.4) is 0 Å². The molecule has 14 heteroatoms. The molecular weight excluding hydrogens is 722 g/mol. The average molecular weight is 776 g/mol. The van der Waals surface area contributed by atoms with Crippen LogP contribution < -0.4 is 10.1 Å². The number of hydrogen-bond acceptors (Lipinski definition) is 12. The monoisotopic (exact) mass is 775 g/mol. The van der Waals surface area contributed by atoms with Crippen LogP contribution in [0.25, 0.3) is 27.5 Å². The number of aromatic nitrogens is 2. The number of rotatable bonds is 2. The molecule has 0 radical (unpaired) electrons. The number of ketones is 1. The van der Waals surface area contributed by atoms with E-state index in [0.29, 0.717) is 0 Å². The van der Waals surface area contributed by atoms with Crippen molar-refractivity contribution < 1.29 is 59.2 Å². The van der Waals surface area contributed by atoms with Crippen LogP contribution in [0.1, 0.15) is 69.9 Å². The fourth-order valence-electron chi connectivity index (χ4n) is 7.66. The number of hydrogen-bond donors (Lipinski definition) is 5. The molecule has 9 atom stereocenters. The molecule has 3 aliphatic rings. The number of phenols is 2. The number of anilines is 1. The standard InChI is InChI=1S/C42H49N3O11/c1-19-13-12-14-20(2)41(52)44-32-33-31(43-27-15-10-11-17-45(27)33)28-29(37(32)50)36(49)24(6)39-30(28)40(51)42(8,56-39)54-18-16-26(53-9)21(3)38(55-25(7)46)23(5)35(48)22(4)34(19)47/h10-19,21-23,26,34-35,38,47-50H,1-9H3,(H,44,52)/b13-12+,18-16+,20-14-/t19-,21-,22+,23-,26-,34-,35+,38+,42?/m0/s1/i10D,11D,15D,17D. The van der Waals surface area contributed by atoms with E-state index >= 15 is 0 Å². The van der Waals surface area contributed by atoms with E-state index in [9.17, 15) is 34.8 Å². The molecule has 0 spiro atoms. The molecule has 56 heavy (non-hydrogen) atoms. The number of carbonyl (C=O) groups is 3. The van der Waals surface area contributed by atoms with Crippen LogP contribution in [0.15, 0.2) is 60.4 Å². The molecule has 14 nitrogen and oxygen atoms in total. The number of carbonyl (C=O) groups excluding carboxylic acids is 3. The number of imidazole rings is 1. The fraction of sp³-hybridized carbons (Fsp3) is 0.429. The maximum atomic E-state index is 14.6. The van der Waals surface area contributed by atoms with E-state index in [4.69, 9.17) is 24.4 Å². The number of ether oxygens (including phenoxy) is 4. The van der Waals surface area contributed by atoms with Crippen LogP contribution in [-0.2, 0) is 23.8 Å². The van der Waals surface area contributed by atoms with Crippen molar-refractivity contribution in [1.82, 2.24) is 9.38 Å². The first-order valence-electron chi connectivity index (χ1n) is 20.2. The van der Waals surface area contributed by atoms with Crippen molar-refractivity contribution in [1.29, 1.82) is 0 Å². The SMILES string of the molecule is [2H]c1c([2H])c([2H])n2c(nc3c4c5c6c(C)c(O)c4c(O)c(c32)NC(=O)/C(C)=C\C=C\[C@H](C)[C@H](O)[C@@H](C)[C@@H](O)[C@H](C)[C@H](OC(C)=O)[C@@H](C)[C@@H](OC)/C=C/OC(C)(O6)C5=O)c1[2H]. The third-order valence-electron chi connectivity index (χ3n) is 11.0. The van der Waals surface area contributed by atoms with Crippen molar-refractivity contribution >= 4 is 50.8 Å². The third-order valence-corrected chi connectivity index (χ3v) is 11.0. The minimum Gasteiger partial charge on any atom is -0.507 e. The molecule has 1 unspecified atom stereocenters. The Labute approximate surface area is 329 Å². The van der Waals surface area contributed by atoms with Crippen LogP contribution in [0, 0.1) is 30.6 Å². The lowest BCUT2D eigenvalue weighted by Gasteiger charge is -2.38. The van der Waals surface area contributed by atoms with Gasteiger partial charge in [0.05, 0.1) is 41.0 Å². The fourth-order valence-corrected chi connectivity index (χ4v) is 7.66. The molecule has 1 amide bonds. The molecule has 2 aromatic heterocycles. The number of amides is 1. The quantitative estimate of drug-likeness (QED) is 0.121. The summed E-state index contributed by atoms with van der Waals surface area (Å²) in [7, 11) is 1.41. The lowest BCUT2D eigenvalue weighted by atomic mass is 9.78. The number of nitrogens with one attached hydrogen (secondary N) is 1. The van der Waals surface area contributed by atoms with Gasteiger partial charge in [-0.25, -0.2) is 4.98 Å². The van der Waals surface area contributed by atoms with Crippen molar-refractivity contribution in [2.24, 2.45) is 23.7 Å². The minimum absolute atomic E-state index is 0.0134. The summed E-state index contributed by atoms with van der Waals surface area (Å²) in [6, 6.07) is -1.81. The van der Waals surface area contributed by atoms with E-state index in [1.807, 2.05) is 0 Å². The summed E-state index contributed by atoms with van der Waals surface area (Å²) in [5.74, 6) is -8.31. The maximum Gasteiger partial charge on any atom is 0.312 e. The van der Waals surface area contributed by atoms with E-state index in [0.717, 1.165) is 4.40 Å². The topological polar surface area (TPSA) is 198 Å². The molecule has 7 rings (SSSR count). The Balaban J connectivity index is 1.63. The summed E-state index contributed by atoms with van der Waals surface area (Å²) >= 11 is 0. The number of benzene rings is 2. The number of nitrogens with zero attached hydrogens (tertiary/aromatic N) is 2. The summed E-state index contributed by atoms with van der Waals surface area (Å²) in [6.07, 6.45) is 2.61. The highest BCUT2D eigenvalue weighted by Crippen LogP contribution is 2.54. The second-order valence-electron chi connectivity index (χ2n) is 14.8. The van der Waals surface area contributed by atoms with Crippen molar-refractivity contribution in [2.75, 3.05) is 12.4 Å². The second-order valence-corrected chi connectivity index (χ2v) is 14.8. The van der Waals surface area contributed by atoms with Crippen LogP contribution >= 0.6 is 0 Å². The van der Waals surface area contributed by atoms with Crippen molar-refractivity contribution in [3.8, 4) is 17.2 Å². The summed E-state index contributed by atoms with van der Waals surface area (Å²) < 4.78 is 58.9. The van der Waals surface area contributed by atoms with Gasteiger partial charge in [-0.1, -0.05) is 52.0 Å². The Kier molecular flexibility index (Phi) is 9.53. The molecule has 5 N–H and O–H groups in total. The molecule has 0 saturated heterocycles. The van der Waals surface area contributed by atoms with Gasteiger partial charge in [-0.05, 0) is 32.0 Å². The summed E-state index contributed by atoms with van der Waals surface area (Å²) in [6.45, 7) is 12.3. The van der Waals surface area contributed by atoms with Gasteiger partial charge in [-0.15, -0.1) is 0 Å². The first kappa shape index (κ1) is 35.0. The highest BCUT2D eigenvalue weighted by Gasteiger charge is 2.49. The molecular formula is C42H49N3O11. The minimum atomic E-state index is -2.10. The average Bonchev–Trinajstić information content (AvgIpc) is 3.73. The lowest BCUT2D eigenvalue weighted by Crippen LogP contribution is -2.46. The van der Waals surface area contributed by atoms with E-state index in [1.165, 1.54) is 59.3 Å². The first-order chi connectivity index (χ1) is 28.1. The molecule has 0 saturated carbocycles. The number of aromatic hydroxyl groups is 2. The highest BCUT2D eigenvalue weighted by atomic mass is 16.7. The Bertz CT molecular complexity index is 2550. The number of aliphatic hydroxyl groups is 2. The maximum absolute atomic E-state index is 14.6. The zero-order valence-corrected chi connectivity index (χ0v) is 32.5. The van der Waals surface area contributed by atoms with Gasteiger partial charge in [0.2, 0.25) is 0 Å². The molecule has 4 aromatic rings. The zero-order chi connectivity index (χ0) is 44.4. The molecule has 298 valence electrons. The molecule has 5 bridgehead atoms. The van der Waals surface area contributed by atoms with E-state index in [-0.39, 0.29) is 55.6 Å². The van der Waals surface area contributed by atoms with Crippen LogP contribution in [-0.4, -0.2) is 84.8 Å². The Morgan fingerprint density at radius 3 is 2.41 bits per heavy atom. The van der Waals surface area contributed by atoms with Crippen LogP contribution in [0.5, 0.6) is 17.2 Å². The van der Waals surface area contributed by atoms with Gasteiger partial charge >= 0.3 is 11.8 Å². The third kappa shape index (κ3) is 6.75. The summed E-state index contributed by atoms with van der Waals surface area (Å²) in [5, 5.41) is 48.8. The predicted octanol–water partition coefficient (Wildman–Crippen LogP) is 5.85. The lowest BCUT2D eigenvalue weighted by molar-refractivity contribution is -0.160. The molecule has 3 aliphatic heterocycles. The first-order valence-corrected chi connectivity index (χ1v) is 18.2. The largest absolute Gasteiger partial charge is 0.507 e. The molecule has 2 aromatic carbocycles. The predicted molar refractivity (Wildman–Crippen MR) is 208 cm³/mol. The zero-order valence-electron chi connectivity index (χ0n) is 36.5. The Morgan fingerprint density at radius 2 is 1.73 bits per heavy atom. The normalized spacial score (nSPS) is 32.2. The van der Waals surface area contributed by atoms with Gasteiger partial charge in [-0.2, -0.15) is 0 Å². The van der Waals surface area contributed by atoms with Crippen LogP contribution in [0.2, 0.25) is 0 Å². The van der Waals surface area contributed by atoms with Gasteiger partial charge in [-0.3, -0.25) is 18.8 Å². The highest BCUT2D eigenvalue weighted by molar-refractivity contribution is 6.28. The number of allylic oxidation sites excluding steroid dienone is 2. The van der Waals surface area contributed by atoms with Crippen molar-refractivity contribution in [2.45, 2.75) is 85.6 Å². The number of Topliss-reactive ketones (excluding diaryl/α,β-unsaturated/α-hetero) is 1. The van der Waals surface area contributed by atoms with Crippen molar-refractivity contribution in [3.05, 3.63) is 71.6 Å². The van der Waals surface area contributed by atoms with Crippen molar-refractivity contribution in [3.63, 3.8) is 0 Å².